The summed E-state index contributed by atoms with van der Waals surface area (Å²) in [6.45, 7) is 3.71. The molecule has 0 bridgehead atoms. The molecular formula is C20H17N5O. The number of rotatable bonds is 4. The molecule has 0 saturated carbocycles. The summed E-state index contributed by atoms with van der Waals surface area (Å²) in [4.78, 5) is 21.2. The first kappa shape index (κ1) is 17.1. The second kappa shape index (κ2) is 7.45. The maximum absolute atomic E-state index is 12.6. The molecule has 1 amide bonds. The monoisotopic (exact) mass is 343 g/mol. The van der Waals surface area contributed by atoms with Gasteiger partial charge in [-0.1, -0.05) is 30.3 Å². The Morgan fingerprint density at radius 3 is 2.42 bits per heavy atom. The first-order valence-corrected chi connectivity index (χ1v) is 8.05. The molecule has 6 nitrogen and oxygen atoms in total. The molecule has 6 heteroatoms. The van der Waals surface area contributed by atoms with Crippen LogP contribution in [0.5, 0.6) is 0 Å². The number of nitrogens with zero attached hydrogens (tertiary/aromatic N) is 3. The van der Waals surface area contributed by atoms with E-state index in [2.05, 4.69) is 26.7 Å². The zero-order chi connectivity index (χ0) is 18.5. The number of nitrogens with one attached hydrogen (secondary N) is 2. The third kappa shape index (κ3) is 3.84. The molecule has 0 unspecified atom stereocenters. The van der Waals surface area contributed by atoms with Crippen LogP contribution < -0.4 is 10.6 Å². The Kier molecular flexibility index (Phi) is 4.90. The van der Waals surface area contributed by atoms with Crippen molar-refractivity contribution < 1.29 is 4.79 Å². The van der Waals surface area contributed by atoms with E-state index in [0.29, 0.717) is 16.9 Å². The largest absolute Gasteiger partial charge is 0.323 e. The summed E-state index contributed by atoms with van der Waals surface area (Å²) < 4.78 is 0. The molecule has 0 radical (unpaired) electrons. The van der Waals surface area contributed by atoms with Crippen LogP contribution in [0, 0.1) is 25.2 Å². The minimum atomic E-state index is -0.318. The van der Waals surface area contributed by atoms with Crippen molar-refractivity contribution >= 4 is 23.2 Å². The minimum absolute atomic E-state index is 0.248. The van der Waals surface area contributed by atoms with Crippen LogP contribution in [-0.2, 0) is 0 Å². The second-order valence-electron chi connectivity index (χ2n) is 5.77. The number of para-hydroxylation sites is 2. The highest BCUT2D eigenvalue weighted by molar-refractivity contribution is 6.03. The Bertz CT molecular complexity index is 1010. The van der Waals surface area contributed by atoms with E-state index in [1.807, 2.05) is 37.3 Å². The minimum Gasteiger partial charge on any atom is -0.323 e. The standard InChI is InChI=1S/C20H17N5O/c1-13-7-3-5-9-16(13)23-19(26)18-11-14(2)22-20(25-18)24-17-10-6-4-8-15(17)12-21/h3-11H,1-2H3,(H,23,26)(H,22,24,25). The summed E-state index contributed by atoms with van der Waals surface area (Å²) >= 11 is 0. The predicted molar refractivity (Wildman–Crippen MR) is 100 cm³/mol. The third-order valence-corrected chi connectivity index (χ3v) is 3.77. The van der Waals surface area contributed by atoms with Crippen LogP contribution >= 0.6 is 0 Å². The van der Waals surface area contributed by atoms with Crippen LogP contribution in [0.4, 0.5) is 17.3 Å². The average Bonchev–Trinajstić information content (AvgIpc) is 2.63. The van der Waals surface area contributed by atoms with Crippen molar-refractivity contribution in [2.75, 3.05) is 10.6 Å². The highest BCUT2D eigenvalue weighted by Gasteiger charge is 2.13. The van der Waals surface area contributed by atoms with Gasteiger partial charge >= 0.3 is 0 Å². The normalized spacial score (nSPS) is 10.0. The summed E-state index contributed by atoms with van der Waals surface area (Å²) in [5.41, 5.74) is 3.66. The van der Waals surface area contributed by atoms with Gasteiger partial charge in [0.2, 0.25) is 5.95 Å². The highest BCUT2D eigenvalue weighted by Crippen LogP contribution is 2.19. The van der Waals surface area contributed by atoms with Crippen molar-refractivity contribution in [1.29, 1.82) is 5.26 Å². The lowest BCUT2D eigenvalue weighted by molar-refractivity contribution is 0.102. The topological polar surface area (TPSA) is 90.7 Å². The summed E-state index contributed by atoms with van der Waals surface area (Å²) in [5, 5.41) is 15.1. The smallest absolute Gasteiger partial charge is 0.274 e. The van der Waals surface area contributed by atoms with Gasteiger partial charge in [-0.15, -0.1) is 0 Å². The van der Waals surface area contributed by atoms with Gasteiger partial charge in [0.1, 0.15) is 11.8 Å². The van der Waals surface area contributed by atoms with Crippen LogP contribution in [0.15, 0.2) is 54.6 Å². The maximum atomic E-state index is 12.6. The number of aromatic nitrogens is 2. The lowest BCUT2D eigenvalue weighted by Gasteiger charge is -2.10. The Morgan fingerprint density at radius 2 is 1.69 bits per heavy atom. The van der Waals surface area contributed by atoms with E-state index in [0.717, 1.165) is 11.3 Å². The second-order valence-corrected chi connectivity index (χ2v) is 5.77. The molecule has 0 saturated heterocycles. The van der Waals surface area contributed by atoms with E-state index >= 15 is 0 Å². The van der Waals surface area contributed by atoms with Crippen LogP contribution in [0.3, 0.4) is 0 Å². The molecule has 2 N–H and O–H groups in total. The number of benzene rings is 2. The van der Waals surface area contributed by atoms with Crippen LogP contribution in [0.2, 0.25) is 0 Å². The van der Waals surface area contributed by atoms with Gasteiger partial charge in [-0.25, -0.2) is 9.97 Å². The van der Waals surface area contributed by atoms with Gasteiger partial charge < -0.3 is 10.6 Å². The van der Waals surface area contributed by atoms with Gasteiger partial charge in [-0.3, -0.25) is 4.79 Å². The molecule has 3 aromatic rings. The number of carbonyl (C=O) groups is 1. The van der Waals surface area contributed by atoms with Crippen LogP contribution in [0.25, 0.3) is 0 Å². The molecule has 128 valence electrons. The van der Waals surface area contributed by atoms with E-state index in [1.165, 1.54) is 0 Å². The molecule has 0 atom stereocenters. The van der Waals surface area contributed by atoms with E-state index < -0.39 is 0 Å². The zero-order valence-electron chi connectivity index (χ0n) is 14.4. The number of hydrogen-bond donors (Lipinski definition) is 2. The molecule has 3 rings (SSSR count). The molecule has 1 aromatic heterocycles. The van der Waals surface area contributed by atoms with Gasteiger partial charge in [0, 0.05) is 11.4 Å². The Balaban J connectivity index is 1.87. The molecular weight excluding hydrogens is 326 g/mol. The van der Waals surface area contributed by atoms with E-state index in [9.17, 15) is 10.1 Å². The fourth-order valence-electron chi connectivity index (χ4n) is 2.45. The molecule has 0 aliphatic heterocycles. The Hall–Kier alpha value is -3.72. The number of hydrogen-bond acceptors (Lipinski definition) is 5. The number of nitriles is 1. The lowest BCUT2D eigenvalue weighted by Crippen LogP contribution is -2.16. The summed E-state index contributed by atoms with van der Waals surface area (Å²) in [5.74, 6) is -0.0518. The molecule has 0 aliphatic rings. The fraction of sp³-hybridized carbons (Fsp3) is 0.100. The molecule has 26 heavy (non-hydrogen) atoms. The van der Waals surface area contributed by atoms with Crippen molar-refractivity contribution in [2.45, 2.75) is 13.8 Å². The van der Waals surface area contributed by atoms with Gasteiger partial charge in [-0.2, -0.15) is 5.26 Å². The van der Waals surface area contributed by atoms with Crippen molar-refractivity contribution in [3.8, 4) is 6.07 Å². The predicted octanol–water partition coefficient (Wildman–Crippen LogP) is 3.96. The van der Waals surface area contributed by atoms with Crippen LogP contribution in [-0.4, -0.2) is 15.9 Å². The first-order valence-electron chi connectivity index (χ1n) is 8.05. The Labute approximate surface area is 151 Å². The number of aryl methyl sites for hydroxylation is 2. The fourth-order valence-corrected chi connectivity index (χ4v) is 2.45. The number of anilines is 3. The lowest BCUT2D eigenvalue weighted by atomic mass is 10.2. The van der Waals surface area contributed by atoms with E-state index in [-0.39, 0.29) is 17.5 Å². The quantitative estimate of drug-likeness (QED) is 0.748. The summed E-state index contributed by atoms with van der Waals surface area (Å²) in [6, 6.07) is 18.3. The number of amides is 1. The number of carbonyl (C=O) groups excluding carboxylic acids is 1. The van der Waals surface area contributed by atoms with Crippen LogP contribution in [0.1, 0.15) is 27.3 Å². The molecule has 0 fully saturated rings. The average molecular weight is 343 g/mol. The van der Waals surface area contributed by atoms with Crippen molar-refractivity contribution in [1.82, 2.24) is 9.97 Å². The van der Waals surface area contributed by atoms with Gasteiger partial charge in [-0.05, 0) is 43.7 Å². The van der Waals surface area contributed by atoms with Gasteiger partial charge in [0.15, 0.2) is 0 Å². The Morgan fingerprint density at radius 1 is 1.00 bits per heavy atom. The summed E-state index contributed by atoms with van der Waals surface area (Å²) in [6.07, 6.45) is 0. The highest BCUT2D eigenvalue weighted by atomic mass is 16.1. The molecule has 1 heterocycles. The third-order valence-electron chi connectivity index (χ3n) is 3.77. The van der Waals surface area contributed by atoms with E-state index in [4.69, 9.17) is 0 Å². The van der Waals surface area contributed by atoms with Crippen molar-refractivity contribution in [3.05, 3.63) is 77.1 Å². The van der Waals surface area contributed by atoms with Gasteiger partial charge in [0.25, 0.3) is 5.91 Å². The maximum Gasteiger partial charge on any atom is 0.274 e. The van der Waals surface area contributed by atoms with E-state index in [1.54, 1.807) is 31.2 Å². The first-order chi connectivity index (χ1) is 12.6. The molecule has 0 spiro atoms. The SMILES string of the molecule is Cc1cc(C(=O)Nc2ccccc2C)nc(Nc2ccccc2C#N)n1. The molecule has 0 aliphatic carbocycles. The van der Waals surface area contributed by atoms with Gasteiger partial charge in [0.05, 0.1) is 11.3 Å². The van der Waals surface area contributed by atoms with Crippen molar-refractivity contribution in [3.63, 3.8) is 0 Å². The zero-order valence-corrected chi connectivity index (χ0v) is 14.4. The summed E-state index contributed by atoms with van der Waals surface area (Å²) in [7, 11) is 0. The molecule has 2 aromatic carbocycles. The van der Waals surface area contributed by atoms with Crippen molar-refractivity contribution in [2.24, 2.45) is 0 Å².